The molecule has 0 radical (unpaired) electrons. The van der Waals surface area contributed by atoms with E-state index in [4.69, 9.17) is 0 Å². The van der Waals surface area contributed by atoms with Crippen LogP contribution in [0, 0.1) is 10.1 Å². The van der Waals surface area contributed by atoms with E-state index in [0.717, 1.165) is 0 Å². The molecular weight excluding hydrogens is 308 g/mol. The molecule has 0 saturated heterocycles. The van der Waals surface area contributed by atoms with Crippen molar-refractivity contribution >= 4 is 16.6 Å². The molecule has 3 rings (SSSR count). The number of fused-ring (bicyclic) bond motifs is 1. The molecular formula is C17H18N4O3. The van der Waals surface area contributed by atoms with Gasteiger partial charge in [-0.05, 0) is 32.4 Å². The Morgan fingerprint density at radius 2 is 2.17 bits per heavy atom. The molecule has 0 unspecified atom stereocenters. The molecule has 3 aromatic rings. The number of benzene rings is 1. The first kappa shape index (κ1) is 16.1. The van der Waals surface area contributed by atoms with Crippen molar-refractivity contribution in [2.24, 2.45) is 0 Å². The van der Waals surface area contributed by atoms with E-state index in [1.165, 1.54) is 6.07 Å². The van der Waals surface area contributed by atoms with E-state index in [1.54, 1.807) is 55.3 Å². The summed E-state index contributed by atoms with van der Waals surface area (Å²) >= 11 is 0. The SMILES string of the molecule is CC(C)(O)CCn1cc2cc([N+](=O)[O-])c(-c3cccnc3)cc2n1. The highest BCUT2D eigenvalue weighted by Crippen LogP contribution is 2.33. The fraction of sp³-hybridized carbons (Fsp3) is 0.294. The monoisotopic (exact) mass is 326 g/mol. The Hall–Kier alpha value is -2.80. The third kappa shape index (κ3) is 3.41. The summed E-state index contributed by atoms with van der Waals surface area (Å²) in [5, 5.41) is 26.4. The molecule has 1 aromatic carbocycles. The van der Waals surface area contributed by atoms with Gasteiger partial charge in [-0.3, -0.25) is 19.8 Å². The van der Waals surface area contributed by atoms with Gasteiger partial charge < -0.3 is 5.11 Å². The second kappa shape index (κ2) is 6.01. The quantitative estimate of drug-likeness (QED) is 0.574. The van der Waals surface area contributed by atoms with E-state index in [1.807, 2.05) is 0 Å². The molecule has 124 valence electrons. The Kier molecular flexibility index (Phi) is 4.02. The van der Waals surface area contributed by atoms with Crippen LogP contribution < -0.4 is 0 Å². The lowest BCUT2D eigenvalue weighted by molar-refractivity contribution is -0.384. The fourth-order valence-electron chi connectivity index (χ4n) is 2.52. The minimum Gasteiger partial charge on any atom is -0.390 e. The van der Waals surface area contributed by atoms with E-state index >= 15 is 0 Å². The zero-order valence-electron chi connectivity index (χ0n) is 13.5. The number of hydrogen-bond donors (Lipinski definition) is 1. The predicted molar refractivity (Wildman–Crippen MR) is 90.5 cm³/mol. The van der Waals surface area contributed by atoms with Gasteiger partial charge in [0.2, 0.25) is 0 Å². The number of nitro benzene ring substituents is 1. The first-order valence-electron chi connectivity index (χ1n) is 7.62. The molecule has 7 heteroatoms. The Bertz CT molecular complexity index is 882. The second-order valence-electron chi connectivity index (χ2n) is 6.38. The van der Waals surface area contributed by atoms with Gasteiger partial charge in [0, 0.05) is 42.2 Å². The Morgan fingerprint density at radius 1 is 1.38 bits per heavy atom. The van der Waals surface area contributed by atoms with Crippen molar-refractivity contribution in [3.63, 3.8) is 0 Å². The molecule has 2 aromatic heterocycles. The van der Waals surface area contributed by atoms with Gasteiger partial charge in [-0.1, -0.05) is 6.07 Å². The Balaban J connectivity index is 2.05. The average molecular weight is 326 g/mol. The molecule has 2 heterocycles. The smallest absolute Gasteiger partial charge is 0.278 e. The van der Waals surface area contributed by atoms with Crippen molar-refractivity contribution in [1.29, 1.82) is 0 Å². The van der Waals surface area contributed by atoms with Gasteiger partial charge in [0.1, 0.15) is 0 Å². The van der Waals surface area contributed by atoms with Crippen LogP contribution in [-0.4, -0.2) is 30.4 Å². The van der Waals surface area contributed by atoms with E-state index in [-0.39, 0.29) is 5.69 Å². The largest absolute Gasteiger partial charge is 0.390 e. The van der Waals surface area contributed by atoms with E-state index in [0.29, 0.717) is 35.0 Å². The summed E-state index contributed by atoms with van der Waals surface area (Å²) in [6.07, 6.45) is 5.53. The number of aromatic nitrogens is 3. The van der Waals surface area contributed by atoms with Crippen LogP contribution in [0.3, 0.4) is 0 Å². The summed E-state index contributed by atoms with van der Waals surface area (Å²) in [7, 11) is 0. The van der Waals surface area contributed by atoms with Gasteiger partial charge in [0.25, 0.3) is 5.69 Å². The first-order chi connectivity index (χ1) is 11.3. The van der Waals surface area contributed by atoms with Crippen molar-refractivity contribution in [3.05, 3.63) is 53.0 Å². The standard InChI is InChI=1S/C17H18N4O3/c1-17(2,22)5-7-20-11-13-8-16(21(23)24)14(9-15(13)19-20)12-4-3-6-18-10-12/h3-4,6,8-11,22H,5,7H2,1-2H3. The normalized spacial score (nSPS) is 11.8. The Morgan fingerprint density at radius 3 is 2.79 bits per heavy atom. The molecule has 0 fully saturated rings. The van der Waals surface area contributed by atoms with Crippen molar-refractivity contribution in [1.82, 2.24) is 14.8 Å². The van der Waals surface area contributed by atoms with Crippen LogP contribution in [0.5, 0.6) is 0 Å². The lowest BCUT2D eigenvalue weighted by Crippen LogP contribution is -2.21. The summed E-state index contributed by atoms with van der Waals surface area (Å²) in [6.45, 7) is 4.01. The van der Waals surface area contributed by atoms with Gasteiger partial charge in [0.05, 0.1) is 21.6 Å². The van der Waals surface area contributed by atoms with Crippen LogP contribution in [-0.2, 0) is 6.54 Å². The third-order valence-corrected chi connectivity index (χ3v) is 3.79. The molecule has 1 N–H and O–H groups in total. The molecule has 7 nitrogen and oxygen atoms in total. The van der Waals surface area contributed by atoms with Crippen LogP contribution in [0.2, 0.25) is 0 Å². The number of hydrogen-bond acceptors (Lipinski definition) is 5. The fourth-order valence-corrected chi connectivity index (χ4v) is 2.52. The molecule has 0 bridgehead atoms. The topological polar surface area (TPSA) is 94.1 Å². The van der Waals surface area contributed by atoms with Crippen molar-refractivity contribution in [2.45, 2.75) is 32.4 Å². The van der Waals surface area contributed by atoms with Crippen LogP contribution >= 0.6 is 0 Å². The minimum atomic E-state index is -0.787. The second-order valence-corrected chi connectivity index (χ2v) is 6.38. The molecule has 0 saturated carbocycles. The maximum absolute atomic E-state index is 11.4. The molecule has 0 atom stereocenters. The van der Waals surface area contributed by atoms with Crippen LogP contribution in [0.1, 0.15) is 20.3 Å². The number of rotatable bonds is 5. The zero-order chi connectivity index (χ0) is 17.3. The first-order valence-corrected chi connectivity index (χ1v) is 7.62. The summed E-state index contributed by atoms with van der Waals surface area (Å²) < 4.78 is 1.71. The maximum Gasteiger partial charge on any atom is 0.278 e. The predicted octanol–water partition coefficient (Wildman–Crippen LogP) is 3.17. The van der Waals surface area contributed by atoms with Gasteiger partial charge in [0.15, 0.2) is 0 Å². The molecule has 0 amide bonds. The molecule has 24 heavy (non-hydrogen) atoms. The third-order valence-electron chi connectivity index (χ3n) is 3.79. The lowest BCUT2D eigenvalue weighted by atomic mass is 10.0. The molecule has 0 aliphatic heterocycles. The minimum absolute atomic E-state index is 0.0255. The van der Waals surface area contributed by atoms with Crippen LogP contribution in [0.25, 0.3) is 22.0 Å². The van der Waals surface area contributed by atoms with Crippen molar-refractivity contribution in [2.75, 3.05) is 0 Å². The van der Waals surface area contributed by atoms with E-state index in [2.05, 4.69) is 10.1 Å². The highest BCUT2D eigenvalue weighted by Gasteiger charge is 2.19. The lowest BCUT2D eigenvalue weighted by Gasteiger charge is -2.16. The van der Waals surface area contributed by atoms with Crippen LogP contribution in [0.15, 0.2) is 42.9 Å². The summed E-state index contributed by atoms with van der Waals surface area (Å²) in [4.78, 5) is 15.1. The zero-order valence-corrected chi connectivity index (χ0v) is 13.5. The Labute approximate surface area is 138 Å². The van der Waals surface area contributed by atoms with Crippen LogP contribution in [0.4, 0.5) is 5.69 Å². The highest BCUT2D eigenvalue weighted by atomic mass is 16.6. The molecule has 0 spiro atoms. The number of nitro groups is 1. The average Bonchev–Trinajstić information content (AvgIpc) is 2.94. The maximum atomic E-state index is 11.4. The summed E-state index contributed by atoms with van der Waals surface area (Å²) in [5.74, 6) is 0. The van der Waals surface area contributed by atoms with E-state index < -0.39 is 10.5 Å². The van der Waals surface area contributed by atoms with Gasteiger partial charge in [-0.25, -0.2) is 0 Å². The number of pyridine rings is 1. The summed E-state index contributed by atoms with van der Waals surface area (Å²) in [6, 6.07) is 6.77. The van der Waals surface area contributed by atoms with Crippen molar-refractivity contribution < 1.29 is 10.0 Å². The van der Waals surface area contributed by atoms with Gasteiger partial charge in [-0.15, -0.1) is 0 Å². The molecule has 0 aliphatic rings. The van der Waals surface area contributed by atoms with E-state index in [9.17, 15) is 15.2 Å². The number of aryl methyl sites for hydroxylation is 1. The van der Waals surface area contributed by atoms with Gasteiger partial charge in [-0.2, -0.15) is 5.10 Å². The summed E-state index contributed by atoms with van der Waals surface area (Å²) in [5.41, 5.74) is 1.09. The number of nitrogens with zero attached hydrogens (tertiary/aromatic N) is 4. The molecule has 0 aliphatic carbocycles. The van der Waals surface area contributed by atoms with Crippen molar-refractivity contribution in [3.8, 4) is 11.1 Å². The van der Waals surface area contributed by atoms with Gasteiger partial charge >= 0.3 is 0 Å². The number of aliphatic hydroxyl groups is 1. The highest BCUT2D eigenvalue weighted by molar-refractivity contribution is 5.89.